The van der Waals surface area contributed by atoms with E-state index >= 15 is 0 Å². The van der Waals surface area contributed by atoms with E-state index in [1.807, 2.05) is 0 Å². The zero-order chi connectivity index (χ0) is 9.97. The number of hydrogen-bond acceptors (Lipinski definition) is 2. The molecule has 0 aromatic heterocycles. The lowest BCUT2D eigenvalue weighted by Crippen LogP contribution is -2.15. The lowest BCUT2D eigenvalue weighted by molar-refractivity contribution is 0.920. The van der Waals surface area contributed by atoms with Crippen LogP contribution in [-0.2, 0) is 11.5 Å². The summed E-state index contributed by atoms with van der Waals surface area (Å²) in [6.07, 6.45) is 0. The highest BCUT2D eigenvalue weighted by Gasteiger charge is 2.17. The van der Waals surface area contributed by atoms with Crippen LogP contribution in [0.4, 0.5) is 0 Å². The fraction of sp³-hybridized carbons (Fsp3) is 0.500. The Hall–Kier alpha value is -0.0800. The number of hydrogen-bond donors (Lipinski definition) is 0. The molecule has 76 valence electrons. The van der Waals surface area contributed by atoms with E-state index in [1.165, 1.54) is 22.6 Å². The maximum absolute atomic E-state index is 2.34. The third kappa shape index (κ3) is 2.29. The van der Waals surface area contributed by atoms with Gasteiger partial charge in [0.15, 0.2) is 0 Å². The summed E-state index contributed by atoms with van der Waals surface area (Å²) in [5.41, 5.74) is 3.06. The number of benzene rings is 1. The Kier molecular flexibility index (Phi) is 3.45. The summed E-state index contributed by atoms with van der Waals surface area (Å²) in [6.45, 7) is 4.69. The van der Waals surface area contributed by atoms with Gasteiger partial charge in [0, 0.05) is 22.0 Å². The normalized spacial score (nSPS) is 27.6. The average molecular weight is 224 g/mol. The van der Waals surface area contributed by atoms with E-state index in [4.69, 9.17) is 0 Å². The minimum Gasteiger partial charge on any atom is -0.153 e. The van der Waals surface area contributed by atoms with Crippen molar-refractivity contribution in [3.8, 4) is 0 Å². The molecular formula is C12H16S2. The van der Waals surface area contributed by atoms with E-state index in [9.17, 15) is 0 Å². The van der Waals surface area contributed by atoms with E-state index in [0.717, 1.165) is 10.5 Å². The van der Waals surface area contributed by atoms with Crippen molar-refractivity contribution in [3.05, 3.63) is 35.4 Å². The van der Waals surface area contributed by atoms with Crippen LogP contribution in [0.3, 0.4) is 0 Å². The highest BCUT2D eigenvalue weighted by molar-refractivity contribution is 8.03. The fourth-order valence-electron chi connectivity index (χ4n) is 1.55. The molecule has 0 bridgehead atoms. The maximum Gasteiger partial charge on any atom is 0.0190 e. The Morgan fingerprint density at radius 2 is 1.36 bits per heavy atom. The molecule has 0 unspecified atom stereocenters. The first-order valence-electron chi connectivity index (χ1n) is 5.07. The van der Waals surface area contributed by atoms with Crippen molar-refractivity contribution < 1.29 is 0 Å². The van der Waals surface area contributed by atoms with Crippen LogP contribution in [0.1, 0.15) is 25.0 Å². The molecule has 0 saturated heterocycles. The molecular weight excluding hydrogens is 208 g/mol. The first-order chi connectivity index (χ1) is 6.77. The third-order valence-corrected chi connectivity index (χ3v) is 5.78. The van der Waals surface area contributed by atoms with E-state index < -0.39 is 0 Å². The van der Waals surface area contributed by atoms with Gasteiger partial charge in [0.2, 0.25) is 0 Å². The van der Waals surface area contributed by atoms with Gasteiger partial charge in [-0.2, -0.15) is 23.5 Å². The molecule has 1 aliphatic rings. The highest BCUT2D eigenvalue weighted by Crippen LogP contribution is 2.33. The summed E-state index contributed by atoms with van der Waals surface area (Å²) >= 11 is 4.16. The fourth-order valence-corrected chi connectivity index (χ4v) is 4.01. The van der Waals surface area contributed by atoms with Gasteiger partial charge in [-0.1, -0.05) is 38.1 Å². The summed E-state index contributed by atoms with van der Waals surface area (Å²) in [5.74, 6) is 2.37. The maximum atomic E-state index is 2.34. The highest BCUT2D eigenvalue weighted by atomic mass is 32.2. The predicted octanol–water partition coefficient (Wildman–Crippen LogP) is 3.94. The van der Waals surface area contributed by atoms with Crippen molar-refractivity contribution in [1.82, 2.24) is 0 Å². The van der Waals surface area contributed by atoms with Crippen molar-refractivity contribution in [2.45, 2.75) is 35.9 Å². The topological polar surface area (TPSA) is 0 Å². The monoisotopic (exact) mass is 224 g/mol. The van der Waals surface area contributed by atoms with Gasteiger partial charge in [0.05, 0.1) is 0 Å². The van der Waals surface area contributed by atoms with Crippen LogP contribution >= 0.6 is 23.5 Å². The molecule has 0 radical (unpaired) electrons. The zero-order valence-electron chi connectivity index (χ0n) is 8.69. The lowest BCUT2D eigenvalue weighted by Gasteiger charge is -2.23. The summed E-state index contributed by atoms with van der Waals surface area (Å²) in [5, 5.41) is 1.54. The Bertz CT molecular complexity index is 278. The van der Waals surface area contributed by atoms with Gasteiger partial charge in [-0.15, -0.1) is 0 Å². The molecule has 0 N–H and O–H groups in total. The number of thioether (sulfide) groups is 2. The van der Waals surface area contributed by atoms with Crippen LogP contribution in [0, 0.1) is 0 Å². The zero-order valence-corrected chi connectivity index (χ0v) is 10.3. The molecule has 1 heterocycles. The van der Waals surface area contributed by atoms with Crippen molar-refractivity contribution >= 4 is 23.5 Å². The largest absolute Gasteiger partial charge is 0.153 e. The molecule has 1 aromatic rings. The van der Waals surface area contributed by atoms with Gasteiger partial charge in [0.25, 0.3) is 0 Å². The predicted molar refractivity (Wildman–Crippen MR) is 68.0 cm³/mol. The Balaban J connectivity index is 2.20. The Morgan fingerprint density at radius 1 is 0.929 bits per heavy atom. The van der Waals surface area contributed by atoms with Gasteiger partial charge in [-0.05, 0) is 11.1 Å². The second-order valence-electron chi connectivity index (χ2n) is 3.80. The molecule has 14 heavy (non-hydrogen) atoms. The first-order valence-corrected chi connectivity index (χ1v) is 7.17. The van der Waals surface area contributed by atoms with Crippen molar-refractivity contribution in [3.63, 3.8) is 0 Å². The molecule has 1 aliphatic heterocycles. The van der Waals surface area contributed by atoms with Crippen LogP contribution in [0.25, 0.3) is 0 Å². The summed E-state index contributed by atoms with van der Waals surface area (Å²) in [6, 6.07) is 8.84. The molecule has 2 rings (SSSR count). The SMILES string of the molecule is C[C@@H]1SCc2ccccc2CS[C@H]1C. The molecule has 0 fully saturated rings. The molecule has 2 atom stereocenters. The van der Waals surface area contributed by atoms with E-state index in [-0.39, 0.29) is 0 Å². The van der Waals surface area contributed by atoms with E-state index in [0.29, 0.717) is 0 Å². The quantitative estimate of drug-likeness (QED) is 0.654. The van der Waals surface area contributed by atoms with Crippen LogP contribution in [0.15, 0.2) is 24.3 Å². The lowest BCUT2D eigenvalue weighted by atomic mass is 10.1. The molecule has 2 heteroatoms. The summed E-state index contributed by atoms with van der Waals surface area (Å²) in [4.78, 5) is 0. The van der Waals surface area contributed by atoms with Gasteiger partial charge in [-0.25, -0.2) is 0 Å². The van der Waals surface area contributed by atoms with E-state index in [2.05, 4.69) is 61.6 Å². The van der Waals surface area contributed by atoms with Crippen molar-refractivity contribution in [2.24, 2.45) is 0 Å². The minimum atomic E-state index is 0.772. The minimum absolute atomic E-state index is 0.772. The summed E-state index contributed by atoms with van der Waals surface area (Å²) < 4.78 is 0. The Morgan fingerprint density at radius 3 is 1.79 bits per heavy atom. The molecule has 0 aliphatic carbocycles. The van der Waals surface area contributed by atoms with E-state index in [1.54, 1.807) is 0 Å². The van der Waals surface area contributed by atoms with Crippen LogP contribution in [0.5, 0.6) is 0 Å². The van der Waals surface area contributed by atoms with Gasteiger partial charge in [0.1, 0.15) is 0 Å². The van der Waals surface area contributed by atoms with Crippen molar-refractivity contribution in [1.29, 1.82) is 0 Å². The number of rotatable bonds is 0. The molecule has 0 spiro atoms. The third-order valence-electron chi connectivity index (χ3n) is 2.78. The second kappa shape index (κ2) is 4.63. The smallest absolute Gasteiger partial charge is 0.0190 e. The first kappa shape index (κ1) is 10.4. The number of fused-ring (bicyclic) bond motifs is 1. The molecule has 1 aromatic carbocycles. The van der Waals surface area contributed by atoms with Gasteiger partial charge < -0.3 is 0 Å². The average Bonchev–Trinajstić information content (AvgIpc) is 2.21. The Labute approximate surface area is 94.9 Å². The molecule has 0 saturated carbocycles. The molecule has 0 amide bonds. The second-order valence-corrected chi connectivity index (χ2v) is 6.53. The van der Waals surface area contributed by atoms with Gasteiger partial charge >= 0.3 is 0 Å². The molecule has 0 nitrogen and oxygen atoms in total. The van der Waals surface area contributed by atoms with Crippen LogP contribution in [-0.4, -0.2) is 10.5 Å². The van der Waals surface area contributed by atoms with Gasteiger partial charge in [-0.3, -0.25) is 0 Å². The van der Waals surface area contributed by atoms with Crippen molar-refractivity contribution in [2.75, 3.05) is 0 Å². The summed E-state index contributed by atoms with van der Waals surface area (Å²) in [7, 11) is 0. The van der Waals surface area contributed by atoms with Crippen LogP contribution in [0.2, 0.25) is 0 Å². The standard InChI is InChI=1S/C12H16S2/c1-9-10(2)14-8-12-6-4-3-5-11(12)7-13-9/h3-6,9-10H,7-8H2,1-2H3/t9-,10-/m0/s1. The van der Waals surface area contributed by atoms with Crippen LogP contribution < -0.4 is 0 Å².